The monoisotopic (exact) mass is 615 g/mol. The number of hydrogen-bond donors (Lipinski definition) is 2. The molecular formula is C31H33N7O5S. The molecule has 2 aromatic heterocycles. The average Bonchev–Trinajstić information content (AvgIpc) is 3.30. The Labute approximate surface area is 255 Å². The summed E-state index contributed by atoms with van der Waals surface area (Å²) in [6, 6.07) is 20.1. The van der Waals surface area contributed by atoms with E-state index >= 15 is 0 Å². The molecule has 0 aliphatic heterocycles. The van der Waals surface area contributed by atoms with Crippen LogP contribution in [0.4, 0.5) is 29.1 Å². The van der Waals surface area contributed by atoms with Gasteiger partial charge in [0.25, 0.3) is 0 Å². The number of nitrogens with one attached hydrogen (secondary N) is 2. The van der Waals surface area contributed by atoms with Gasteiger partial charge in [-0.1, -0.05) is 12.1 Å². The zero-order chi connectivity index (χ0) is 31.4. The topological polar surface area (TPSA) is 141 Å². The first-order valence-corrected chi connectivity index (χ1v) is 15.7. The number of hydrogen-bond acceptors (Lipinski definition) is 10. The summed E-state index contributed by atoms with van der Waals surface area (Å²) in [5.74, 6) is 2.45. The molecular weight excluding hydrogens is 582 g/mol. The Kier molecular flexibility index (Phi) is 8.67. The lowest BCUT2D eigenvalue weighted by Gasteiger charge is -2.19. The van der Waals surface area contributed by atoms with Crippen molar-refractivity contribution in [3.8, 4) is 11.5 Å². The minimum Gasteiger partial charge on any atom is -0.497 e. The van der Waals surface area contributed by atoms with E-state index in [4.69, 9.17) is 9.47 Å². The van der Waals surface area contributed by atoms with Crippen molar-refractivity contribution in [1.29, 1.82) is 0 Å². The van der Waals surface area contributed by atoms with Gasteiger partial charge in [-0.15, -0.1) is 0 Å². The van der Waals surface area contributed by atoms with E-state index in [2.05, 4.69) is 25.6 Å². The number of carbonyl (C=O) groups is 1. The molecule has 0 radical (unpaired) electrons. The van der Waals surface area contributed by atoms with Gasteiger partial charge >= 0.3 is 0 Å². The molecule has 0 aliphatic carbocycles. The van der Waals surface area contributed by atoms with Crippen molar-refractivity contribution < 1.29 is 22.7 Å². The Bertz CT molecular complexity index is 1900. The molecule has 12 nitrogen and oxygen atoms in total. The Morgan fingerprint density at radius 3 is 2.30 bits per heavy atom. The SMILES string of the molecule is COc1cc(CC(=O)Nc2nc3cc(N(C)c4ccnc(Nc5ccc(CS(C)(=O)=O)cc5)n4)ccc3n2C)cc(OC)c1. The molecule has 2 N–H and O–H groups in total. The van der Waals surface area contributed by atoms with E-state index in [-0.39, 0.29) is 18.1 Å². The van der Waals surface area contributed by atoms with Crippen molar-refractivity contribution in [2.75, 3.05) is 43.1 Å². The highest BCUT2D eigenvalue weighted by Gasteiger charge is 2.15. The van der Waals surface area contributed by atoms with Gasteiger partial charge in [0.1, 0.15) is 17.3 Å². The van der Waals surface area contributed by atoms with Crippen LogP contribution in [0.2, 0.25) is 0 Å². The number of carbonyl (C=O) groups excluding carboxylic acids is 1. The molecule has 2 heterocycles. The molecule has 228 valence electrons. The number of methoxy groups -OCH3 is 2. The maximum absolute atomic E-state index is 12.9. The first kappa shape index (κ1) is 30.3. The Morgan fingerprint density at radius 1 is 0.932 bits per heavy atom. The van der Waals surface area contributed by atoms with Crippen molar-refractivity contribution >= 4 is 55.9 Å². The molecule has 3 aromatic carbocycles. The molecule has 5 rings (SSSR count). The van der Waals surface area contributed by atoms with Crippen LogP contribution >= 0.6 is 0 Å². The zero-order valence-electron chi connectivity index (χ0n) is 25.0. The standard InChI is InChI=1S/C31H33N7O5S/c1-37(28-12-13-32-30(35-28)33-22-8-6-20(7-9-22)19-44(5,40)41)23-10-11-27-26(17-23)34-31(38(27)2)36-29(39)16-21-14-24(42-3)18-25(15-21)43-4/h6-15,17-18H,16,19H2,1-5H3,(H,32,33,35)(H,34,36,39). The summed E-state index contributed by atoms with van der Waals surface area (Å²) in [4.78, 5) is 28.4. The number of aromatic nitrogens is 4. The maximum atomic E-state index is 12.9. The van der Waals surface area contributed by atoms with Crippen LogP contribution in [0, 0.1) is 0 Å². The summed E-state index contributed by atoms with van der Waals surface area (Å²) in [6.45, 7) is 0. The van der Waals surface area contributed by atoms with Crippen LogP contribution in [-0.2, 0) is 33.9 Å². The summed E-state index contributed by atoms with van der Waals surface area (Å²) in [6.07, 6.45) is 2.99. The predicted molar refractivity (Wildman–Crippen MR) is 171 cm³/mol. The molecule has 13 heteroatoms. The van der Waals surface area contributed by atoms with Crippen molar-refractivity contribution in [2.45, 2.75) is 12.2 Å². The summed E-state index contributed by atoms with van der Waals surface area (Å²) in [7, 11) is 3.76. The average molecular weight is 616 g/mol. The number of aryl methyl sites for hydroxylation is 1. The summed E-state index contributed by atoms with van der Waals surface area (Å²) in [5, 5.41) is 6.07. The van der Waals surface area contributed by atoms with Crippen molar-refractivity contribution in [1.82, 2.24) is 19.5 Å². The number of nitrogens with zero attached hydrogens (tertiary/aromatic N) is 5. The van der Waals surface area contributed by atoms with E-state index in [1.165, 1.54) is 6.26 Å². The summed E-state index contributed by atoms with van der Waals surface area (Å²) in [5.41, 5.74) is 4.59. The lowest BCUT2D eigenvalue weighted by atomic mass is 10.1. The summed E-state index contributed by atoms with van der Waals surface area (Å²) < 4.78 is 35.6. The number of ether oxygens (including phenoxy) is 2. The van der Waals surface area contributed by atoms with E-state index in [1.807, 2.05) is 41.8 Å². The third kappa shape index (κ3) is 7.24. The largest absolute Gasteiger partial charge is 0.497 e. The van der Waals surface area contributed by atoms with Crippen LogP contribution in [0.5, 0.6) is 11.5 Å². The second kappa shape index (κ2) is 12.6. The lowest BCUT2D eigenvalue weighted by molar-refractivity contribution is -0.115. The smallest absolute Gasteiger partial charge is 0.231 e. The van der Waals surface area contributed by atoms with Gasteiger partial charge in [0.05, 0.1) is 37.4 Å². The molecule has 44 heavy (non-hydrogen) atoms. The number of amides is 1. The fraction of sp³-hybridized carbons (Fsp3) is 0.226. The molecule has 0 unspecified atom stereocenters. The number of sulfone groups is 1. The molecule has 0 fully saturated rings. The second-order valence-electron chi connectivity index (χ2n) is 10.3. The molecule has 0 atom stereocenters. The van der Waals surface area contributed by atoms with Crippen LogP contribution in [0.1, 0.15) is 11.1 Å². The van der Waals surface area contributed by atoms with E-state index in [0.717, 1.165) is 22.5 Å². The Hall–Kier alpha value is -5.17. The van der Waals surface area contributed by atoms with Gasteiger partial charge in [-0.3, -0.25) is 10.1 Å². The van der Waals surface area contributed by atoms with Gasteiger partial charge in [0, 0.05) is 44.0 Å². The van der Waals surface area contributed by atoms with Crippen LogP contribution in [0.15, 0.2) is 72.9 Å². The zero-order valence-corrected chi connectivity index (χ0v) is 25.8. The van der Waals surface area contributed by atoms with Gasteiger partial charge in [0.2, 0.25) is 17.8 Å². The Balaban J connectivity index is 1.29. The normalized spacial score (nSPS) is 11.3. The fourth-order valence-electron chi connectivity index (χ4n) is 4.68. The summed E-state index contributed by atoms with van der Waals surface area (Å²) >= 11 is 0. The van der Waals surface area contributed by atoms with Crippen LogP contribution in [0.25, 0.3) is 11.0 Å². The minimum absolute atomic E-state index is 0.0164. The van der Waals surface area contributed by atoms with Crippen molar-refractivity contribution in [2.24, 2.45) is 7.05 Å². The van der Waals surface area contributed by atoms with Crippen LogP contribution in [0.3, 0.4) is 0 Å². The second-order valence-corrected chi connectivity index (χ2v) is 12.4. The Morgan fingerprint density at radius 2 is 1.64 bits per heavy atom. The molecule has 0 saturated carbocycles. The quantitative estimate of drug-likeness (QED) is 0.216. The third-order valence-electron chi connectivity index (χ3n) is 6.90. The number of fused-ring (bicyclic) bond motifs is 1. The number of rotatable bonds is 11. The van der Waals surface area contributed by atoms with Gasteiger partial charge in [0.15, 0.2) is 9.84 Å². The molecule has 0 bridgehead atoms. The molecule has 0 spiro atoms. The van der Waals surface area contributed by atoms with Crippen LogP contribution < -0.4 is 25.0 Å². The lowest BCUT2D eigenvalue weighted by Crippen LogP contribution is -2.17. The minimum atomic E-state index is -3.11. The number of benzene rings is 3. The molecule has 0 saturated heterocycles. The first-order valence-electron chi connectivity index (χ1n) is 13.6. The highest BCUT2D eigenvalue weighted by molar-refractivity contribution is 7.89. The van der Waals surface area contributed by atoms with E-state index < -0.39 is 9.84 Å². The molecule has 1 amide bonds. The van der Waals surface area contributed by atoms with E-state index in [1.54, 1.807) is 68.9 Å². The first-order chi connectivity index (χ1) is 21.0. The highest BCUT2D eigenvalue weighted by Crippen LogP contribution is 2.28. The fourth-order valence-corrected chi connectivity index (χ4v) is 5.47. The number of imidazole rings is 1. The van der Waals surface area contributed by atoms with Crippen molar-refractivity contribution in [3.05, 3.63) is 84.1 Å². The number of anilines is 5. The molecule has 0 aliphatic rings. The van der Waals surface area contributed by atoms with Gasteiger partial charge in [-0.2, -0.15) is 4.98 Å². The van der Waals surface area contributed by atoms with Gasteiger partial charge < -0.3 is 24.3 Å². The van der Waals surface area contributed by atoms with Crippen LogP contribution in [-0.4, -0.2) is 61.4 Å². The van der Waals surface area contributed by atoms with Gasteiger partial charge in [-0.25, -0.2) is 18.4 Å². The maximum Gasteiger partial charge on any atom is 0.231 e. The van der Waals surface area contributed by atoms with E-state index in [0.29, 0.717) is 40.3 Å². The van der Waals surface area contributed by atoms with E-state index in [9.17, 15) is 13.2 Å². The predicted octanol–water partition coefficient (Wildman–Crippen LogP) is 4.62. The highest BCUT2D eigenvalue weighted by atomic mass is 32.2. The molecule has 5 aromatic rings. The van der Waals surface area contributed by atoms with Crippen molar-refractivity contribution in [3.63, 3.8) is 0 Å². The third-order valence-corrected chi connectivity index (χ3v) is 7.76. The van der Waals surface area contributed by atoms with Gasteiger partial charge in [-0.05, 0) is 59.7 Å².